The van der Waals surface area contributed by atoms with Crippen LogP contribution in [0, 0.1) is 18.5 Å². The molecule has 3 rings (SSSR count). The van der Waals surface area contributed by atoms with Gasteiger partial charge in [0, 0.05) is 4.88 Å². The standard InChI is InChI=1S/C24H24I2N2O4S/c1-4-31-24(30)20-16-7-5-6-8-19(16)33-23(20)28-22(29)15(12-27)9-14-10-17(25)21(18(26)11-14)32-13(2)3/h9-11,13H,4-8H2,1-3H3,(H,28,29)/b15-9+. The van der Waals surface area contributed by atoms with E-state index in [1.54, 1.807) is 13.0 Å². The lowest BCUT2D eigenvalue weighted by Crippen LogP contribution is -2.16. The number of nitrogens with zero attached hydrogens (tertiary/aromatic N) is 1. The summed E-state index contributed by atoms with van der Waals surface area (Å²) in [5.41, 5.74) is 2.08. The highest BCUT2D eigenvalue weighted by Crippen LogP contribution is 2.39. The lowest BCUT2D eigenvalue weighted by Gasteiger charge is -2.14. The normalized spacial score (nSPS) is 13.3. The van der Waals surface area contributed by atoms with Gasteiger partial charge in [0.25, 0.3) is 5.91 Å². The summed E-state index contributed by atoms with van der Waals surface area (Å²) in [5, 5.41) is 12.9. The van der Waals surface area contributed by atoms with E-state index in [4.69, 9.17) is 9.47 Å². The minimum absolute atomic E-state index is 0.0408. The molecule has 0 spiro atoms. The number of benzene rings is 1. The summed E-state index contributed by atoms with van der Waals surface area (Å²) in [7, 11) is 0. The summed E-state index contributed by atoms with van der Waals surface area (Å²) in [6.45, 7) is 5.94. The summed E-state index contributed by atoms with van der Waals surface area (Å²) >= 11 is 5.78. The molecule has 0 saturated carbocycles. The van der Waals surface area contributed by atoms with E-state index in [1.807, 2.05) is 32.0 Å². The zero-order chi connectivity index (χ0) is 24.1. The number of esters is 1. The fraction of sp³-hybridized carbons (Fsp3) is 0.375. The van der Waals surface area contributed by atoms with Crippen molar-refractivity contribution in [3.63, 3.8) is 0 Å². The van der Waals surface area contributed by atoms with E-state index < -0.39 is 11.9 Å². The number of ether oxygens (including phenoxy) is 2. The quantitative estimate of drug-likeness (QED) is 0.159. The molecule has 9 heteroatoms. The van der Waals surface area contributed by atoms with Gasteiger partial charge in [-0.05, 0) is 121 Å². The largest absolute Gasteiger partial charge is 0.489 e. The second-order valence-electron chi connectivity index (χ2n) is 7.74. The van der Waals surface area contributed by atoms with Crippen molar-refractivity contribution in [1.82, 2.24) is 0 Å². The van der Waals surface area contributed by atoms with Crippen molar-refractivity contribution in [2.75, 3.05) is 11.9 Å². The highest BCUT2D eigenvalue weighted by Gasteiger charge is 2.27. The van der Waals surface area contributed by atoms with Crippen LogP contribution in [0.25, 0.3) is 6.08 Å². The predicted molar refractivity (Wildman–Crippen MR) is 147 cm³/mol. The minimum Gasteiger partial charge on any atom is -0.489 e. The third-order valence-corrected chi connectivity index (χ3v) is 7.74. The molecule has 0 fully saturated rings. The van der Waals surface area contributed by atoms with E-state index in [0.29, 0.717) is 10.6 Å². The number of aryl methyl sites for hydroxylation is 1. The number of halogens is 2. The average molecular weight is 690 g/mol. The Labute approximate surface area is 225 Å². The Morgan fingerprint density at radius 1 is 1.24 bits per heavy atom. The van der Waals surface area contributed by atoms with Crippen LogP contribution in [-0.2, 0) is 22.4 Å². The van der Waals surface area contributed by atoms with Crippen LogP contribution in [0.1, 0.15) is 60.0 Å². The highest BCUT2D eigenvalue weighted by molar-refractivity contribution is 14.1. The second kappa shape index (κ2) is 11.7. The lowest BCUT2D eigenvalue weighted by atomic mass is 9.95. The monoisotopic (exact) mass is 690 g/mol. The molecular weight excluding hydrogens is 666 g/mol. The number of hydrogen-bond donors (Lipinski definition) is 1. The number of thiophene rings is 1. The molecule has 1 N–H and O–H groups in total. The Balaban J connectivity index is 1.91. The zero-order valence-corrected chi connectivity index (χ0v) is 23.7. The van der Waals surface area contributed by atoms with Gasteiger partial charge in [-0.25, -0.2) is 4.79 Å². The first-order valence-corrected chi connectivity index (χ1v) is 13.6. The van der Waals surface area contributed by atoms with Gasteiger partial charge in [0.15, 0.2) is 0 Å². The Morgan fingerprint density at radius 3 is 2.52 bits per heavy atom. The Bertz CT molecular complexity index is 1130. The fourth-order valence-corrected chi connectivity index (χ4v) is 6.91. The molecule has 33 heavy (non-hydrogen) atoms. The van der Waals surface area contributed by atoms with Gasteiger partial charge in [-0.1, -0.05) is 0 Å². The molecule has 1 aliphatic carbocycles. The first-order chi connectivity index (χ1) is 15.7. The van der Waals surface area contributed by atoms with Crippen LogP contribution >= 0.6 is 56.5 Å². The maximum absolute atomic E-state index is 13.0. The molecule has 1 aliphatic rings. The third kappa shape index (κ3) is 6.27. The molecule has 0 bridgehead atoms. The van der Waals surface area contributed by atoms with Crippen molar-refractivity contribution in [3.05, 3.63) is 46.4 Å². The number of nitriles is 1. The molecule has 6 nitrogen and oxygen atoms in total. The molecule has 2 aromatic rings. The maximum atomic E-state index is 13.0. The van der Waals surface area contributed by atoms with Gasteiger partial charge in [0.05, 0.1) is 25.4 Å². The summed E-state index contributed by atoms with van der Waals surface area (Å²) in [6, 6.07) is 5.74. The number of anilines is 1. The van der Waals surface area contributed by atoms with Gasteiger partial charge in [-0.15, -0.1) is 11.3 Å². The van der Waals surface area contributed by atoms with Crippen molar-refractivity contribution >= 4 is 79.5 Å². The van der Waals surface area contributed by atoms with Crippen LogP contribution in [-0.4, -0.2) is 24.6 Å². The number of fused-ring (bicyclic) bond motifs is 1. The molecule has 1 amide bonds. The third-order valence-electron chi connectivity index (χ3n) is 4.93. The van der Waals surface area contributed by atoms with Crippen LogP contribution in [0.4, 0.5) is 5.00 Å². The fourth-order valence-electron chi connectivity index (χ4n) is 3.57. The van der Waals surface area contributed by atoms with Crippen LogP contribution in [0.2, 0.25) is 0 Å². The van der Waals surface area contributed by atoms with Crippen LogP contribution in [0.5, 0.6) is 5.75 Å². The SMILES string of the molecule is CCOC(=O)c1c(NC(=O)/C(C#N)=C/c2cc(I)c(OC(C)C)c(I)c2)sc2c1CCCC2. The Morgan fingerprint density at radius 2 is 1.91 bits per heavy atom. The molecule has 1 aromatic carbocycles. The Hall–Kier alpha value is -1.65. The van der Waals surface area contributed by atoms with Crippen LogP contribution in [0.3, 0.4) is 0 Å². The van der Waals surface area contributed by atoms with Crippen molar-refractivity contribution in [2.45, 2.75) is 52.6 Å². The number of rotatable bonds is 7. The minimum atomic E-state index is -0.547. The number of amides is 1. The van der Waals surface area contributed by atoms with Crippen molar-refractivity contribution < 1.29 is 19.1 Å². The van der Waals surface area contributed by atoms with E-state index in [1.165, 1.54) is 11.3 Å². The van der Waals surface area contributed by atoms with Crippen molar-refractivity contribution in [1.29, 1.82) is 5.26 Å². The van der Waals surface area contributed by atoms with Gasteiger partial charge in [0.2, 0.25) is 0 Å². The first-order valence-electron chi connectivity index (χ1n) is 10.7. The Kier molecular flexibility index (Phi) is 9.17. The van der Waals surface area contributed by atoms with E-state index in [0.717, 1.165) is 54.6 Å². The number of hydrogen-bond acceptors (Lipinski definition) is 6. The molecular formula is C24H24I2N2O4S. The van der Waals surface area contributed by atoms with Gasteiger partial charge in [-0.3, -0.25) is 4.79 Å². The molecule has 0 radical (unpaired) electrons. The number of carbonyl (C=O) groups excluding carboxylic acids is 2. The van der Waals surface area contributed by atoms with Crippen LogP contribution in [0.15, 0.2) is 17.7 Å². The molecule has 1 aromatic heterocycles. The van der Waals surface area contributed by atoms with Gasteiger partial charge in [0.1, 0.15) is 22.4 Å². The van der Waals surface area contributed by atoms with E-state index in [9.17, 15) is 14.9 Å². The van der Waals surface area contributed by atoms with Gasteiger partial charge in [-0.2, -0.15) is 5.26 Å². The smallest absolute Gasteiger partial charge is 0.341 e. The van der Waals surface area contributed by atoms with E-state index in [-0.39, 0.29) is 18.3 Å². The molecule has 0 atom stereocenters. The van der Waals surface area contributed by atoms with Gasteiger partial charge < -0.3 is 14.8 Å². The van der Waals surface area contributed by atoms with Crippen molar-refractivity contribution in [2.24, 2.45) is 0 Å². The average Bonchev–Trinajstić information content (AvgIpc) is 3.12. The van der Waals surface area contributed by atoms with Gasteiger partial charge >= 0.3 is 5.97 Å². The lowest BCUT2D eigenvalue weighted by molar-refractivity contribution is -0.112. The second-order valence-corrected chi connectivity index (χ2v) is 11.2. The topological polar surface area (TPSA) is 88.4 Å². The number of nitrogens with one attached hydrogen (secondary N) is 1. The predicted octanol–water partition coefficient (Wildman–Crippen LogP) is 6.35. The maximum Gasteiger partial charge on any atom is 0.341 e. The zero-order valence-electron chi connectivity index (χ0n) is 18.6. The van der Waals surface area contributed by atoms with Crippen molar-refractivity contribution in [3.8, 4) is 11.8 Å². The van der Waals surface area contributed by atoms with E-state index >= 15 is 0 Å². The molecule has 1 heterocycles. The first kappa shape index (κ1) is 26.0. The van der Waals surface area contributed by atoms with E-state index in [2.05, 4.69) is 50.5 Å². The summed E-state index contributed by atoms with van der Waals surface area (Å²) in [4.78, 5) is 26.7. The summed E-state index contributed by atoms with van der Waals surface area (Å²) < 4.78 is 12.9. The molecule has 0 aliphatic heterocycles. The summed E-state index contributed by atoms with van der Waals surface area (Å²) in [5.74, 6) is -0.191. The molecule has 0 unspecified atom stereocenters. The molecule has 0 saturated heterocycles. The highest BCUT2D eigenvalue weighted by atomic mass is 127. The molecule has 174 valence electrons. The van der Waals surface area contributed by atoms with Crippen LogP contribution < -0.4 is 10.1 Å². The number of carbonyl (C=O) groups is 2. The summed E-state index contributed by atoms with van der Waals surface area (Å²) in [6.07, 6.45) is 5.32.